The molecule has 0 unspecified atom stereocenters. The van der Waals surface area contributed by atoms with Crippen molar-refractivity contribution in [2.45, 2.75) is 25.7 Å². The second-order valence-corrected chi connectivity index (χ2v) is 5.27. The first-order valence-corrected chi connectivity index (χ1v) is 7.26. The Labute approximate surface area is 123 Å². The van der Waals surface area contributed by atoms with Crippen LogP contribution in [0, 0.1) is 0 Å². The highest BCUT2D eigenvalue weighted by Crippen LogP contribution is 2.21. The molecule has 5 nitrogen and oxygen atoms in total. The van der Waals surface area contributed by atoms with Crippen molar-refractivity contribution in [3.63, 3.8) is 0 Å². The third-order valence-electron chi connectivity index (χ3n) is 3.06. The smallest absolute Gasteiger partial charge is 0.232 e. The molecular weight excluding hydrogens is 282 g/mol. The summed E-state index contributed by atoms with van der Waals surface area (Å²) in [6, 6.07) is 1.81. The Morgan fingerprint density at radius 3 is 2.58 bits per heavy atom. The third-order valence-corrected chi connectivity index (χ3v) is 3.56. The number of nitrogens with zero attached hydrogens (tertiary/aromatic N) is 3. The van der Waals surface area contributed by atoms with E-state index < -0.39 is 0 Å². The third kappa shape index (κ3) is 4.18. The van der Waals surface area contributed by atoms with Gasteiger partial charge in [-0.15, -0.1) is 0 Å². The minimum Gasteiger partial charge on any atom is -0.365 e. The predicted molar refractivity (Wildman–Crippen MR) is 83.0 cm³/mol. The van der Waals surface area contributed by atoms with Crippen molar-refractivity contribution in [2.24, 2.45) is 0 Å². The quantitative estimate of drug-likeness (QED) is 0.646. The van der Waals surface area contributed by atoms with Crippen LogP contribution in [0.3, 0.4) is 0 Å². The van der Waals surface area contributed by atoms with Crippen LogP contribution in [-0.4, -0.2) is 35.2 Å². The van der Waals surface area contributed by atoms with Crippen molar-refractivity contribution in [2.75, 3.05) is 30.4 Å². The van der Waals surface area contributed by atoms with E-state index in [1.165, 1.54) is 25.7 Å². The fourth-order valence-electron chi connectivity index (χ4n) is 2.09. The summed E-state index contributed by atoms with van der Waals surface area (Å²) in [5.41, 5.74) is 0. The first-order chi connectivity index (χ1) is 9.19. The van der Waals surface area contributed by atoms with Gasteiger partial charge in [0, 0.05) is 26.2 Å². The Kier molecular flexibility index (Phi) is 5.15. The van der Waals surface area contributed by atoms with Gasteiger partial charge in [0.2, 0.25) is 5.95 Å². The fraction of sp³-hybridized carbons (Fsp3) is 0.583. The molecule has 0 spiro atoms. The van der Waals surface area contributed by atoms with Crippen LogP contribution in [0.5, 0.6) is 0 Å². The SMILES string of the molecule is CNC(=S)Nc1nc(Cl)cc(N2CCCCCC2)n1. The van der Waals surface area contributed by atoms with Gasteiger partial charge >= 0.3 is 0 Å². The summed E-state index contributed by atoms with van der Waals surface area (Å²) in [6.45, 7) is 2.03. The molecule has 0 aliphatic carbocycles. The van der Waals surface area contributed by atoms with Gasteiger partial charge in [-0.1, -0.05) is 24.4 Å². The fourth-order valence-corrected chi connectivity index (χ4v) is 2.36. The average Bonchev–Trinajstić information content (AvgIpc) is 2.66. The van der Waals surface area contributed by atoms with E-state index >= 15 is 0 Å². The Bertz CT molecular complexity index is 446. The van der Waals surface area contributed by atoms with Crippen LogP contribution < -0.4 is 15.5 Å². The number of nitrogens with one attached hydrogen (secondary N) is 2. The van der Waals surface area contributed by atoms with Crippen LogP contribution in [0.4, 0.5) is 11.8 Å². The van der Waals surface area contributed by atoms with Gasteiger partial charge in [-0.25, -0.2) is 4.98 Å². The highest BCUT2D eigenvalue weighted by atomic mass is 35.5. The molecule has 0 radical (unpaired) electrons. The van der Waals surface area contributed by atoms with Gasteiger partial charge < -0.3 is 15.5 Å². The lowest BCUT2D eigenvalue weighted by Crippen LogP contribution is -2.28. The second-order valence-electron chi connectivity index (χ2n) is 4.48. The van der Waals surface area contributed by atoms with Gasteiger partial charge in [0.05, 0.1) is 0 Å². The number of hydrogen-bond donors (Lipinski definition) is 2. The lowest BCUT2D eigenvalue weighted by atomic mass is 10.2. The van der Waals surface area contributed by atoms with Gasteiger partial charge in [-0.05, 0) is 25.1 Å². The molecule has 19 heavy (non-hydrogen) atoms. The van der Waals surface area contributed by atoms with Crippen LogP contribution in [0.1, 0.15) is 25.7 Å². The van der Waals surface area contributed by atoms with Crippen molar-refractivity contribution < 1.29 is 0 Å². The highest BCUT2D eigenvalue weighted by molar-refractivity contribution is 7.80. The molecular formula is C12H18ClN5S. The molecule has 2 rings (SSSR count). The molecule has 1 aromatic heterocycles. The minimum atomic E-state index is 0.427. The van der Waals surface area contributed by atoms with Crippen molar-refractivity contribution in [1.29, 1.82) is 0 Å². The van der Waals surface area contributed by atoms with E-state index in [0.717, 1.165) is 18.9 Å². The molecule has 7 heteroatoms. The van der Waals surface area contributed by atoms with E-state index in [9.17, 15) is 0 Å². The zero-order chi connectivity index (χ0) is 13.7. The van der Waals surface area contributed by atoms with E-state index in [1.54, 1.807) is 13.1 Å². The normalized spacial score (nSPS) is 15.8. The summed E-state index contributed by atoms with van der Waals surface area (Å²) in [4.78, 5) is 10.9. The van der Waals surface area contributed by atoms with E-state index in [-0.39, 0.29) is 0 Å². The summed E-state index contributed by atoms with van der Waals surface area (Å²) >= 11 is 11.1. The van der Waals surface area contributed by atoms with Crippen molar-refractivity contribution in [3.05, 3.63) is 11.2 Å². The van der Waals surface area contributed by atoms with Crippen molar-refractivity contribution in [1.82, 2.24) is 15.3 Å². The Morgan fingerprint density at radius 1 is 1.26 bits per heavy atom. The molecule has 1 aromatic rings. The van der Waals surface area contributed by atoms with Gasteiger partial charge in [-0.2, -0.15) is 4.98 Å². The number of halogens is 1. The Balaban J connectivity index is 2.17. The van der Waals surface area contributed by atoms with E-state index in [4.69, 9.17) is 23.8 Å². The number of aromatic nitrogens is 2. The lowest BCUT2D eigenvalue weighted by Gasteiger charge is -2.22. The Hall–Kier alpha value is -1.14. The monoisotopic (exact) mass is 299 g/mol. The highest BCUT2D eigenvalue weighted by Gasteiger charge is 2.13. The summed E-state index contributed by atoms with van der Waals surface area (Å²) in [6.07, 6.45) is 4.95. The van der Waals surface area contributed by atoms with Gasteiger partial charge in [0.15, 0.2) is 5.11 Å². The number of thiocarbonyl (C=S) groups is 1. The Morgan fingerprint density at radius 2 is 1.95 bits per heavy atom. The maximum absolute atomic E-state index is 6.06. The lowest BCUT2D eigenvalue weighted by molar-refractivity contribution is 0.726. The maximum Gasteiger partial charge on any atom is 0.232 e. The molecule has 0 amide bonds. The molecule has 0 atom stereocenters. The predicted octanol–water partition coefficient (Wildman–Crippen LogP) is 2.43. The number of rotatable bonds is 2. The number of hydrogen-bond acceptors (Lipinski definition) is 4. The zero-order valence-electron chi connectivity index (χ0n) is 10.9. The molecule has 1 aliphatic rings. The minimum absolute atomic E-state index is 0.427. The van der Waals surface area contributed by atoms with Gasteiger partial charge in [0.25, 0.3) is 0 Å². The molecule has 1 aliphatic heterocycles. The van der Waals surface area contributed by atoms with E-state index in [2.05, 4.69) is 25.5 Å². The van der Waals surface area contributed by atoms with Gasteiger partial charge in [-0.3, -0.25) is 0 Å². The zero-order valence-corrected chi connectivity index (χ0v) is 12.5. The summed E-state index contributed by atoms with van der Waals surface area (Å²) < 4.78 is 0. The van der Waals surface area contributed by atoms with E-state index in [1.807, 2.05) is 0 Å². The van der Waals surface area contributed by atoms with Crippen LogP contribution in [0.2, 0.25) is 5.15 Å². The number of anilines is 2. The first-order valence-electron chi connectivity index (χ1n) is 6.47. The molecule has 104 valence electrons. The largest absolute Gasteiger partial charge is 0.365 e. The van der Waals surface area contributed by atoms with Crippen LogP contribution >= 0.6 is 23.8 Å². The molecule has 0 bridgehead atoms. The van der Waals surface area contributed by atoms with Crippen molar-refractivity contribution >= 4 is 40.7 Å². The summed E-state index contributed by atoms with van der Waals surface area (Å²) in [5, 5.41) is 6.64. The van der Waals surface area contributed by atoms with Gasteiger partial charge in [0.1, 0.15) is 11.0 Å². The maximum atomic E-state index is 6.06. The second kappa shape index (κ2) is 6.86. The van der Waals surface area contributed by atoms with Crippen LogP contribution in [0.25, 0.3) is 0 Å². The van der Waals surface area contributed by atoms with Crippen molar-refractivity contribution in [3.8, 4) is 0 Å². The molecule has 0 aromatic carbocycles. The van der Waals surface area contributed by atoms with Crippen LogP contribution in [-0.2, 0) is 0 Å². The van der Waals surface area contributed by atoms with E-state index in [0.29, 0.717) is 16.2 Å². The first kappa shape index (κ1) is 14.3. The molecule has 2 N–H and O–H groups in total. The molecule has 1 fully saturated rings. The average molecular weight is 300 g/mol. The summed E-state index contributed by atoms with van der Waals surface area (Å²) in [7, 11) is 1.75. The molecule has 0 saturated carbocycles. The molecule has 1 saturated heterocycles. The standard InChI is InChI=1S/C12H18ClN5S/c1-14-12(19)17-11-15-9(13)8-10(16-11)18-6-4-2-3-5-7-18/h8H,2-7H2,1H3,(H2,14,15,16,17,19). The summed E-state index contributed by atoms with van der Waals surface area (Å²) in [5.74, 6) is 1.30. The molecule has 2 heterocycles. The topological polar surface area (TPSA) is 53.1 Å². The van der Waals surface area contributed by atoms with Crippen LogP contribution in [0.15, 0.2) is 6.07 Å².